The van der Waals surface area contributed by atoms with Crippen LogP contribution in [0.25, 0.3) is 72.6 Å². The van der Waals surface area contributed by atoms with Crippen LogP contribution in [0.5, 0.6) is 0 Å². The van der Waals surface area contributed by atoms with Crippen molar-refractivity contribution in [2.24, 2.45) is 0 Å². The second-order valence-corrected chi connectivity index (χ2v) is 11.7. The van der Waals surface area contributed by atoms with Crippen LogP contribution in [-0.4, -0.2) is 15.0 Å². The minimum Gasteiger partial charge on any atom is -0.372 e. The molecular weight excluding hydrogens is 560 g/mol. The van der Waals surface area contributed by atoms with E-state index in [9.17, 15) is 0 Å². The van der Waals surface area contributed by atoms with E-state index in [1.807, 2.05) is 18.2 Å². The largest absolute Gasteiger partial charge is 0.372 e. The molecule has 8 aromatic rings. The van der Waals surface area contributed by atoms with E-state index in [0.717, 1.165) is 77.7 Å². The highest BCUT2D eigenvalue weighted by Crippen LogP contribution is 2.37. The van der Waals surface area contributed by atoms with Crippen molar-refractivity contribution in [2.45, 2.75) is 6.04 Å². The maximum Gasteiger partial charge on any atom is 0.0972 e. The van der Waals surface area contributed by atoms with E-state index in [2.05, 4.69) is 145 Å². The summed E-state index contributed by atoms with van der Waals surface area (Å²) in [6, 6.07) is 50.7. The lowest BCUT2D eigenvalue weighted by Gasteiger charge is -2.24. The molecule has 0 saturated carbocycles. The highest BCUT2D eigenvalue weighted by molar-refractivity contribution is 6.04. The molecule has 5 aromatic carbocycles. The first-order chi connectivity index (χ1) is 22.8. The molecule has 1 unspecified atom stereocenters. The van der Waals surface area contributed by atoms with Crippen LogP contribution in [0.2, 0.25) is 0 Å². The number of nitrogens with zero attached hydrogens (tertiary/aromatic N) is 3. The van der Waals surface area contributed by atoms with Crippen molar-refractivity contribution in [1.82, 2.24) is 15.0 Å². The molecule has 0 aliphatic carbocycles. The van der Waals surface area contributed by atoms with Gasteiger partial charge in [-0.05, 0) is 35.4 Å². The number of rotatable bonds is 4. The first-order valence-corrected chi connectivity index (χ1v) is 15.6. The van der Waals surface area contributed by atoms with Crippen LogP contribution < -0.4 is 5.32 Å². The lowest BCUT2D eigenvalue weighted by atomic mass is 9.97. The average Bonchev–Trinajstić information content (AvgIpc) is 3.14. The Kier molecular flexibility index (Phi) is 6.17. The predicted octanol–water partition coefficient (Wildman–Crippen LogP) is 10.5. The zero-order chi connectivity index (χ0) is 30.5. The summed E-state index contributed by atoms with van der Waals surface area (Å²) in [5.74, 6) is 0. The number of fused-ring (bicyclic) bond motifs is 6. The first-order valence-electron chi connectivity index (χ1n) is 15.6. The van der Waals surface area contributed by atoms with Crippen LogP contribution in [0.4, 0.5) is 5.69 Å². The van der Waals surface area contributed by atoms with Gasteiger partial charge in [0.1, 0.15) is 0 Å². The van der Waals surface area contributed by atoms with Gasteiger partial charge in [-0.1, -0.05) is 133 Å². The first kappa shape index (κ1) is 26.3. The molecule has 0 saturated heterocycles. The van der Waals surface area contributed by atoms with Crippen LogP contribution in [0.1, 0.15) is 17.2 Å². The summed E-state index contributed by atoms with van der Waals surface area (Å²) in [4.78, 5) is 15.5. The number of benzene rings is 5. The van der Waals surface area contributed by atoms with Crippen molar-refractivity contribution < 1.29 is 0 Å². The average molecular weight is 589 g/mol. The number of hydrogen-bond donors (Lipinski definition) is 1. The van der Waals surface area contributed by atoms with E-state index in [4.69, 9.17) is 15.0 Å². The fraction of sp³-hybridized carbons (Fsp3) is 0.0238. The molecule has 0 amide bonds. The zero-order valence-electron chi connectivity index (χ0n) is 24.9. The SMILES string of the molecule is C1=CC(c2ccccc2)Nc2c1ccc1ccc(-c3cccc(-c4ccc5ccc6ccc(-c7ccccc7)nc6c5n4)c3)nc21. The lowest BCUT2D eigenvalue weighted by Crippen LogP contribution is -2.12. The fourth-order valence-electron chi connectivity index (χ4n) is 6.45. The normalized spacial score (nSPS) is 14.0. The maximum atomic E-state index is 5.22. The van der Waals surface area contributed by atoms with Crippen LogP contribution in [0.3, 0.4) is 0 Å². The monoisotopic (exact) mass is 588 g/mol. The van der Waals surface area contributed by atoms with Crippen LogP contribution in [0, 0.1) is 0 Å². The molecule has 216 valence electrons. The van der Waals surface area contributed by atoms with Gasteiger partial charge >= 0.3 is 0 Å². The Labute approximate surface area is 266 Å². The van der Waals surface area contributed by atoms with E-state index >= 15 is 0 Å². The molecule has 9 rings (SSSR count). The van der Waals surface area contributed by atoms with Gasteiger partial charge in [-0.3, -0.25) is 0 Å². The smallest absolute Gasteiger partial charge is 0.0972 e. The van der Waals surface area contributed by atoms with E-state index < -0.39 is 0 Å². The maximum absolute atomic E-state index is 5.22. The molecule has 0 spiro atoms. The summed E-state index contributed by atoms with van der Waals surface area (Å²) in [5, 5.41) is 7.01. The Morgan fingerprint density at radius 1 is 0.435 bits per heavy atom. The summed E-state index contributed by atoms with van der Waals surface area (Å²) < 4.78 is 0. The molecular formula is C42H28N4. The third-order valence-electron chi connectivity index (χ3n) is 8.86. The van der Waals surface area contributed by atoms with Gasteiger partial charge in [-0.15, -0.1) is 0 Å². The Morgan fingerprint density at radius 2 is 0.935 bits per heavy atom. The van der Waals surface area contributed by atoms with E-state index in [0.29, 0.717) is 0 Å². The molecule has 0 radical (unpaired) electrons. The molecule has 3 aromatic heterocycles. The quantitative estimate of drug-likeness (QED) is 0.208. The number of hydrogen-bond acceptors (Lipinski definition) is 4. The summed E-state index contributed by atoms with van der Waals surface area (Å²) in [6.45, 7) is 0. The molecule has 0 bridgehead atoms. The highest BCUT2D eigenvalue weighted by Gasteiger charge is 2.18. The highest BCUT2D eigenvalue weighted by atomic mass is 14.9. The third kappa shape index (κ3) is 4.59. The van der Waals surface area contributed by atoms with Gasteiger partial charge in [0.15, 0.2) is 0 Å². The number of nitrogens with one attached hydrogen (secondary N) is 1. The molecule has 46 heavy (non-hydrogen) atoms. The summed E-state index contributed by atoms with van der Waals surface area (Å²) in [7, 11) is 0. The van der Waals surface area contributed by atoms with Crippen LogP contribution in [0.15, 0.2) is 152 Å². The molecule has 1 aliphatic rings. The lowest BCUT2D eigenvalue weighted by molar-refractivity contribution is 0.981. The van der Waals surface area contributed by atoms with Gasteiger partial charge < -0.3 is 5.32 Å². The van der Waals surface area contributed by atoms with E-state index in [1.165, 1.54) is 5.56 Å². The molecule has 1 atom stereocenters. The number of anilines is 1. The summed E-state index contributed by atoms with van der Waals surface area (Å²) >= 11 is 0. The van der Waals surface area contributed by atoms with Gasteiger partial charge in [-0.2, -0.15) is 0 Å². The molecule has 0 fully saturated rings. The fourth-order valence-corrected chi connectivity index (χ4v) is 6.45. The second kappa shape index (κ2) is 10.8. The zero-order valence-corrected chi connectivity index (χ0v) is 24.9. The summed E-state index contributed by atoms with van der Waals surface area (Å²) in [6.07, 6.45) is 4.42. The number of pyridine rings is 3. The minimum atomic E-state index is 0.0985. The molecule has 4 heterocycles. The Hall–Kier alpha value is -6.13. The molecule has 1 N–H and O–H groups in total. The standard InChI is InChI=1S/C42H28N4/c1-3-8-27(9-4-1)35-22-18-29-14-16-31-20-24-37(45-41(31)39(29)43-35)33-12-7-13-34(26-33)38-25-21-32-17-15-30-19-23-36(28-10-5-2-6-11-28)44-40(30)42(32)46-38/h1-26,35,43H. The van der Waals surface area contributed by atoms with Crippen molar-refractivity contribution in [2.75, 3.05) is 5.32 Å². The number of aromatic nitrogens is 3. The summed E-state index contributed by atoms with van der Waals surface area (Å²) in [5.41, 5.74) is 12.2. The van der Waals surface area contributed by atoms with Gasteiger partial charge in [0.05, 0.1) is 45.4 Å². The molecule has 4 heteroatoms. The van der Waals surface area contributed by atoms with Crippen LogP contribution in [-0.2, 0) is 0 Å². The van der Waals surface area contributed by atoms with Gasteiger partial charge in [0, 0.05) is 32.8 Å². The second-order valence-electron chi connectivity index (χ2n) is 11.7. The van der Waals surface area contributed by atoms with Crippen molar-refractivity contribution in [3.8, 4) is 33.8 Å². The van der Waals surface area contributed by atoms with E-state index in [1.54, 1.807) is 0 Å². The third-order valence-corrected chi connectivity index (χ3v) is 8.86. The molecule has 4 nitrogen and oxygen atoms in total. The van der Waals surface area contributed by atoms with Crippen LogP contribution >= 0.6 is 0 Å². The van der Waals surface area contributed by atoms with E-state index in [-0.39, 0.29) is 6.04 Å². The topological polar surface area (TPSA) is 50.7 Å². The van der Waals surface area contributed by atoms with Gasteiger partial charge in [0.2, 0.25) is 0 Å². The predicted molar refractivity (Wildman–Crippen MR) is 190 cm³/mol. The van der Waals surface area contributed by atoms with Crippen molar-refractivity contribution in [3.63, 3.8) is 0 Å². The molecule has 1 aliphatic heterocycles. The Bertz CT molecular complexity index is 2450. The van der Waals surface area contributed by atoms with Crippen molar-refractivity contribution >= 4 is 44.5 Å². The Morgan fingerprint density at radius 3 is 1.59 bits per heavy atom. The van der Waals surface area contributed by atoms with Gasteiger partial charge in [0.25, 0.3) is 0 Å². The van der Waals surface area contributed by atoms with Crippen molar-refractivity contribution in [3.05, 3.63) is 163 Å². The Balaban J connectivity index is 1.11. The van der Waals surface area contributed by atoms with Crippen molar-refractivity contribution in [1.29, 1.82) is 0 Å². The minimum absolute atomic E-state index is 0.0985. The van der Waals surface area contributed by atoms with Gasteiger partial charge in [-0.25, -0.2) is 15.0 Å².